The van der Waals surface area contributed by atoms with E-state index in [1.54, 1.807) is 6.08 Å². The fourth-order valence-corrected chi connectivity index (χ4v) is 7.50. The number of hydrogen-bond donors (Lipinski definition) is 3. The minimum absolute atomic E-state index is 0.0520. The van der Waals surface area contributed by atoms with Crippen molar-refractivity contribution in [2.75, 3.05) is 40.9 Å². The lowest BCUT2D eigenvalue weighted by Crippen LogP contribution is -2.45. The summed E-state index contributed by atoms with van der Waals surface area (Å²) in [6.07, 6.45) is 65.2. The fourth-order valence-electron chi connectivity index (χ4n) is 6.77. The molecule has 3 unspecified atom stereocenters. The summed E-state index contributed by atoms with van der Waals surface area (Å²) in [6.45, 7) is 4.61. The molecule has 0 bridgehead atoms. The van der Waals surface area contributed by atoms with Crippen LogP contribution in [0.4, 0.5) is 0 Å². The van der Waals surface area contributed by atoms with Gasteiger partial charge in [0.2, 0.25) is 5.91 Å². The topological polar surface area (TPSA) is 105 Å². The second kappa shape index (κ2) is 45.6. The van der Waals surface area contributed by atoms with Crippen LogP contribution in [0.15, 0.2) is 97.2 Å². The zero-order valence-electron chi connectivity index (χ0n) is 41.7. The lowest BCUT2D eigenvalue weighted by molar-refractivity contribution is -0.870. The van der Waals surface area contributed by atoms with E-state index in [1.165, 1.54) is 96.3 Å². The van der Waals surface area contributed by atoms with Crippen LogP contribution in [-0.4, -0.2) is 73.4 Å². The molecule has 0 radical (unpaired) electrons. The molecule has 64 heavy (non-hydrogen) atoms. The highest BCUT2D eigenvalue weighted by Gasteiger charge is 2.27. The molecule has 3 atom stereocenters. The first-order valence-corrected chi connectivity index (χ1v) is 27.1. The first kappa shape index (κ1) is 61.4. The molecule has 3 N–H and O–H groups in total. The summed E-state index contributed by atoms with van der Waals surface area (Å²) in [5.41, 5.74) is 0. The van der Waals surface area contributed by atoms with Gasteiger partial charge in [-0.1, -0.05) is 201 Å². The van der Waals surface area contributed by atoms with Crippen molar-refractivity contribution in [3.8, 4) is 0 Å². The number of nitrogens with zero attached hydrogens (tertiary/aromatic N) is 1. The number of allylic oxidation sites excluding steroid dienone is 15. The molecule has 8 nitrogen and oxygen atoms in total. The largest absolute Gasteiger partial charge is 0.472 e. The summed E-state index contributed by atoms with van der Waals surface area (Å²) in [6, 6.07) is -0.866. The molecule has 0 heterocycles. The molecular weight excluding hydrogens is 816 g/mol. The van der Waals surface area contributed by atoms with Crippen LogP contribution in [0.25, 0.3) is 0 Å². The van der Waals surface area contributed by atoms with Crippen LogP contribution in [0.5, 0.6) is 0 Å². The monoisotopic (exact) mass is 914 g/mol. The Kier molecular flexibility index (Phi) is 43.7. The molecule has 0 rings (SSSR count). The van der Waals surface area contributed by atoms with Crippen molar-refractivity contribution in [2.45, 2.75) is 206 Å². The van der Waals surface area contributed by atoms with Crippen molar-refractivity contribution in [1.82, 2.24) is 5.32 Å². The van der Waals surface area contributed by atoms with Gasteiger partial charge in [-0.05, 0) is 83.5 Å². The molecule has 0 saturated carbocycles. The summed E-state index contributed by atoms with van der Waals surface area (Å²) in [4.78, 5) is 23.1. The van der Waals surface area contributed by atoms with Gasteiger partial charge in [-0.2, -0.15) is 0 Å². The highest BCUT2D eigenvalue weighted by atomic mass is 31.2. The molecule has 368 valence electrons. The average Bonchev–Trinajstić information content (AvgIpc) is 3.25. The molecule has 0 fully saturated rings. The van der Waals surface area contributed by atoms with Crippen LogP contribution in [-0.2, 0) is 18.4 Å². The number of phosphoric acid groups is 1. The fraction of sp³-hybridized carbons (Fsp3) is 0.691. The number of quaternary nitrogens is 1. The first-order valence-electron chi connectivity index (χ1n) is 25.6. The third-order valence-corrected chi connectivity index (χ3v) is 11.8. The second-order valence-corrected chi connectivity index (χ2v) is 19.6. The van der Waals surface area contributed by atoms with Crippen LogP contribution in [0.2, 0.25) is 0 Å². The summed E-state index contributed by atoms with van der Waals surface area (Å²) in [5.74, 6) is -0.195. The van der Waals surface area contributed by atoms with Crippen LogP contribution >= 0.6 is 7.82 Å². The Morgan fingerprint density at radius 1 is 0.547 bits per heavy atom. The van der Waals surface area contributed by atoms with Gasteiger partial charge in [-0.15, -0.1) is 0 Å². The number of carbonyl (C=O) groups excluding carboxylic acids is 1. The molecule has 0 aromatic heterocycles. The molecule has 9 heteroatoms. The number of nitrogens with one attached hydrogen (secondary N) is 1. The zero-order valence-corrected chi connectivity index (χ0v) is 42.6. The molecule has 0 aromatic carbocycles. The Balaban J connectivity index is 4.04. The number of aliphatic hydroxyl groups is 1. The number of unbranched alkanes of at least 4 members (excludes halogenated alkanes) is 18. The Hall–Kier alpha value is -2.58. The van der Waals surface area contributed by atoms with Crippen LogP contribution in [0.1, 0.15) is 194 Å². The number of likely N-dealkylation sites (N-methyl/N-ethyl adjacent to an activating group) is 1. The maximum absolute atomic E-state index is 12.9. The predicted octanol–water partition coefficient (Wildman–Crippen LogP) is 15.1. The van der Waals surface area contributed by atoms with Gasteiger partial charge in [0.25, 0.3) is 0 Å². The SMILES string of the molecule is CC/C=C\C/C=C\C/C=C\C/C=C\C/C=C\C/C=C\CCCCCCCCCCCCCCCCC(=O)NC(COP(=O)(O)OCC[N+](C)(C)C)C(O)/C=C/CC/C=C/CCCCC. The zero-order chi connectivity index (χ0) is 47.1. The van der Waals surface area contributed by atoms with Crippen molar-refractivity contribution >= 4 is 13.7 Å². The Morgan fingerprint density at radius 3 is 1.44 bits per heavy atom. The van der Waals surface area contributed by atoms with E-state index in [1.807, 2.05) is 27.2 Å². The minimum Gasteiger partial charge on any atom is -0.387 e. The van der Waals surface area contributed by atoms with E-state index in [-0.39, 0.29) is 19.1 Å². The summed E-state index contributed by atoms with van der Waals surface area (Å²) >= 11 is 0. The molecule has 1 amide bonds. The lowest BCUT2D eigenvalue weighted by atomic mass is 10.0. The first-order chi connectivity index (χ1) is 31.0. The third kappa shape index (κ3) is 47.4. The van der Waals surface area contributed by atoms with E-state index in [0.29, 0.717) is 17.4 Å². The van der Waals surface area contributed by atoms with E-state index in [0.717, 1.165) is 77.0 Å². The van der Waals surface area contributed by atoms with E-state index in [4.69, 9.17) is 9.05 Å². The summed E-state index contributed by atoms with van der Waals surface area (Å²) < 4.78 is 23.5. The van der Waals surface area contributed by atoms with Gasteiger partial charge in [0, 0.05) is 6.42 Å². The van der Waals surface area contributed by atoms with Crippen molar-refractivity contribution < 1.29 is 32.9 Å². The third-order valence-electron chi connectivity index (χ3n) is 10.8. The van der Waals surface area contributed by atoms with Crippen molar-refractivity contribution in [2.24, 2.45) is 0 Å². The Morgan fingerprint density at radius 2 is 0.953 bits per heavy atom. The van der Waals surface area contributed by atoms with Gasteiger partial charge in [-0.3, -0.25) is 13.8 Å². The van der Waals surface area contributed by atoms with Crippen molar-refractivity contribution in [3.63, 3.8) is 0 Å². The Bertz CT molecular complexity index is 1360. The Labute approximate surface area is 394 Å². The quantitative estimate of drug-likeness (QED) is 0.0243. The molecule has 0 aliphatic rings. The molecule has 0 saturated heterocycles. The van der Waals surface area contributed by atoms with Gasteiger partial charge in [0.05, 0.1) is 39.9 Å². The van der Waals surface area contributed by atoms with Crippen LogP contribution in [0.3, 0.4) is 0 Å². The minimum atomic E-state index is -4.35. The van der Waals surface area contributed by atoms with Gasteiger partial charge in [0.15, 0.2) is 0 Å². The molecule has 0 spiro atoms. The van der Waals surface area contributed by atoms with Gasteiger partial charge >= 0.3 is 7.82 Å². The molecule has 0 aliphatic carbocycles. The normalized spacial score (nSPS) is 14.9. The maximum Gasteiger partial charge on any atom is 0.472 e. The number of rotatable bonds is 45. The number of amides is 1. The maximum atomic E-state index is 12.9. The molecule has 0 aliphatic heterocycles. The highest BCUT2D eigenvalue weighted by molar-refractivity contribution is 7.47. The summed E-state index contributed by atoms with van der Waals surface area (Å²) in [7, 11) is 1.54. The van der Waals surface area contributed by atoms with E-state index < -0.39 is 20.0 Å². The van der Waals surface area contributed by atoms with E-state index in [2.05, 4.69) is 104 Å². The van der Waals surface area contributed by atoms with Crippen LogP contribution < -0.4 is 5.32 Å². The number of carbonyl (C=O) groups is 1. The predicted molar refractivity (Wildman–Crippen MR) is 276 cm³/mol. The number of aliphatic hydroxyl groups excluding tert-OH is 1. The molecular formula is C55H98N2O6P+. The van der Waals surface area contributed by atoms with Gasteiger partial charge in [0.1, 0.15) is 13.2 Å². The van der Waals surface area contributed by atoms with E-state index >= 15 is 0 Å². The highest BCUT2D eigenvalue weighted by Crippen LogP contribution is 2.43. The second-order valence-electron chi connectivity index (χ2n) is 18.2. The van der Waals surface area contributed by atoms with E-state index in [9.17, 15) is 19.4 Å². The smallest absolute Gasteiger partial charge is 0.387 e. The number of phosphoric ester groups is 1. The average molecular weight is 914 g/mol. The van der Waals surface area contributed by atoms with Crippen molar-refractivity contribution in [1.29, 1.82) is 0 Å². The van der Waals surface area contributed by atoms with Crippen molar-refractivity contribution in [3.05, 3.63) is 97.2 Å². The van der Waals surface area contributed by atoms with Gasteiger partial charge < -0.3 is 19.8 Å². The lowest BCUT2D eigenvalue weighted by Gasteiger charge is -2.25. The van der Waals surface area contributed by atoms with Gasteiger partial charge in [-0.25, -0.2) is 4.57 Å². The summed E-state index contributed by atoms with van der Waals surface area (Å²) in [5, 5.41) is 13.8. The standard InChI is InChI=1S/C55H97N2O6P/c1-6-8-10-12-14-16-17-18-19-20-21-22-23-24-25-26-27-28-29-30-31-32-33-34-35-36-37-38-39-41-43-45-47-49-55(59)56-53(52-63-64(60,61)62-51-50-57(3,4)5)54(58)48-46-44-42-40-15-13-11-9-7-2/h8,10,14-16,18-19,21-22,24-25,27-28,40,46,48,53-54,58H,6-7,9,11-13,17,20,23,26,29-39,41-45,47,49-52H2,1-5H3,(H-,56,59,60,61)/p+1/b10-8-,16-14-,19-18-,22-21-,25-24-,28-27-,40-15+,48-46+. The van der Waals surface area contributed by atoms with Crippen LogP contribution in [0, 0.1) is 0 Å². The molecule has 0 aromatic rings. The number of hydrogen-bond acceptors (Lipinski definition) is 5.